The fourth-order valence-electron chi connectivity index (χ4n) is 2.20. The summed E-state index contributed by atoms with van der Waals surface area (Å²) in [4.78, 5) is 22.0. The predicted octanol–water partition coefficient (Wildman–Crippen LogP) is -2.29. The van der Waals surface area contributed by atoms with E-state index in [1.807, 2.05) is 4.90 Å². The molecule has 21 heavy (non-hydrogen) atoms. The van der Waals surface area contributed by atoms with Crippen LogP contribution in [0.3, 0.4) is 0 Å². The molecule has 1 fully saturated rings. The molecule has 2 rings (SSSR count). The average Bonchev–Trinajstić information content (AvgIpc) is 2.44. The van der Waals surface area contributed by atoms with Crippen molar-refractivity contribution in [1.29, 1.82) is 0 Å². The Balaban J connectivity index is 2.35. The Kier molecular flexibility index (Phi) is 4.70. The number of aliphatic hydroxyl groups is 1. The lowest BCUT2D eigenvalue weighted by Gasteiger charge is -2.30. The van der Waals surface area contributed by atoms with Gasteiger partial charge in [0.25, 0.3) is 0 Å². The van der Waals surface area contributed by atoms with Crippen molar-refractivity contribution in [2.45, 2.75) is 0 Å². The minimum atomic E-state index is -0.550. The number of nitrogens with one attached hydrogen (secondary N) is 2. The third-order valence-corrected chi connectivity index (χ3v) is 3.39. The molecule has 0 atom stereocenters. The first-order valence-corrected chi connectivity index (χ1v) is 6.75. The molecule has 10 heteroatoms. The normalized spacial score (nSPS) is 16.0. The van der Waals surface area contributed by atoms with E-state index in [0.29, 0.717) is 13.1 Å². The first-order valence-electron chi connectivity index (χ1n) is 6.75. The smallest absolute Gasteiger partial charge is 0.353 e. The maximum atomic E-state index is 11.2. The summed E-state index contributed by atoms with van der Waals surface area (Å²) in [6, 6.07) is 0. The highest BCUT2D eigenvalue weighted by molar-refractivity contribution is 5.71. The number of aliphatic hydroxyl groups excluding tert-OH is 1. The van der Waals surface area contributed by atoms with Gasteiger partial charge in [0.2, 0.25) is 17.6 Å². The standard InChI is InChI=1S/C11H19N7O3/c1-16-3-5-17(6-4-16)10-8(18(20)21)9(12)14-11(15-10)13-2-7-19/h19H,2-7H2,1H3,(H3,12,13,14,15)/p+1. The van der Waals surface area contributed by atoms with Crippen LogP contribution in [0.25, 0.3) is 0 Å². The number of quaternary nitrogens is 1. The minimum absolute atomic E-state index is 0.0898. The number of aromatic nitrogens is 2. The van der Waals surface area contributed by atoms with Crippen molar-refractivity contribution in [3.05, 3.63) is 10.1 Å². The van der Waals surface area contributed by atoms with Crippen molar-refractivity contribution in [1.82, 2.24) is 9.97 Å². The maximum absolute atomic E-state index is 11.2. The molecule has 1 aromatic rings. The van der Waals surface area contributed by atoms with Crippen LogP contribution in [0.15, 0.2) is 0 Å². The van der Waals surface area contributed by atoms with Gasteiger partial charge in [-0.05, 0) is 0 Å². The number of nitrogen functional groups attached to an aromatic ring is 1. The quantitative estimate of drug-likeness (QED) is 0.352. The van der Waals surface area contributed by atoms with E-state index < -0.39 is 4.92 Å². The summed E-state index contributed by atoms with van der Waals surface area (Å²) in [6.45, 7) is 3.25. The minimum Gasteiger partial charge on any atom is -0.395 e. The highest BCUT2D eigenvalue weighted by Crippen LogP contribution is 2.31. The monoisotopic (exact) mass is 298 g/mol. The van der Waals surface area contributed by atoms with Crippen LogP contribution in [-0.4, -0.2) is 66.4 Å². The zero-order valence-electron chi connectivity index (χ0n) is 11.9. The number of likely N-dealkylation sites (N-methyl/N-ethyl adjacent to an activating group) is 1. The van der Waals surface area contributed by atoms with Gasteiger partial charge in [-0.1, -0.05) is 0 Å². The van der Waals surface area contributed by atoms with Gasteiger partial charge in [0.1, 0.15) is 0 Å². The summed E-state index contributed by atoms with van der Waals surface area (Å²) in [5, 5.41) is 22.8. The van der Waals surface area contributed by atoms with Gasteiger partial charge in [0, 0.05) is 6.54 Å². The second kappa shape index (κ2) is 6.50. The molecule has 116 valence electrons. The molecule has 0 aliphatic carbocycles. The summed E-state index contributed by atoms with van der Waals surface area (Å²) in [5.41, 5.74) is 5.44. The zero-order valence-corrected chi connectivity index (χ0v) is 11.9. The number of piperazine rings is 1. The number of rotatable bonds is 5. The van der Waals surface area contributed by atoms with Gasteiger partial charge in [-0.15, -0.1) is 0 Å². The van der Waals surface area contributed by atoms with Gasteiger partial charge >= 0.3 is 5.69 Å². The summed E-state index contributed by atoms with van der Waals surface area (Å²) in [5.74, 6) is 0.255. The largest absolute Gasteiger partial charge is 0.395 e. The Morgan fingerprint density at radius 3 is 2.71 bits per heavy atom. The lowest BCUT2D eigenvalue weighted by molar-refractivity contribution is -0.880. The van der Waals surface area contributed by atoms with Gasteiger partial charge in [0.15, 0.2) is 0 Å². The number of hydrogen-bond donors (Lipinski definition) is 4. The van der Waals surface area contributed by atoms with E-state index in [1.165, 1.54) is 4.90 Å². The molecule has 5 N–H and O–H groups in total. The SMILES string of the molecule is C[NH+]1CCN(c2nc(NCCO)nc(N)c2[N+](=O)[O-])CC1. The molecule has 0 spiro atoms. The molecule has 0 saturated carbocycles. The molecule has 0 amide bonds. The first kappa shape index (κ1) is 15.2. The molecule has 0 aromatic carbocycles. The Labute approximate surface area is 121 Å². The van der Waals surface area contributed by atoms with Crippen LogP contribution in [-0.2, 0) is 0 Å². The van der Waals surface area contributed by atoms with Gasteiger partial charge < -0.3 is 26.0 Å². The molecule has 2 heterocycles. The number of nitrogens with zero attached hydrogens (tertiary/aromatic N) is 4. The zero-order chi connectivity index (χ0) is 15.4. The Morgan fingerprint density at radius 2 is 2.14 bits per heavy atom. The lowest BCUT2D eigenvalue weighted by Crippen LogP contribution is -3.12. The summed E-state index contributed by atoms with van der Waals surface area (Å²) in [6.07, 6.45) is 0. The predicted molar refractivity (Wildman–Crippen MR) is 77.5 cm³/mol. The van der Waals surface area contributed by atoms with Gasteiger partial charge in [-0.2, -0.15) is 9.97 Å². The topological polar surface area (TPSA) is 135 Å². The summed E-state index contributed by atoms with van der Waals surface area (Å²) >= 11 is 0. The molecule has 0 unspecified atom stereocenters. The maximum Gasteiger partial charge on any atom is 0.353 e. The molecule has 10 nitrogen and oxygen atoms in total. The number of hydrogen-bond acceptors (Lipinski definition) is 8. The Morgan fingerprint density at radius 1 is 1.48 bits per heavy atom. The van der Waals surface area contributed by atoms with Crippen molar-refractivity contribution in [3.63, 3.8) is 0 Å². The van der Waals surface area contributed by atoms with Crippen LogP contribution >= 0.6 is 0 Å². The molecule has 0 bridgehead atoms. The van der Waals surface area contributed by atoms with Crippen molar-refractivity contribution >= 4 is 23.3 Å². The third kappa shape index (κ3) is 3.47. The number of anilines is 3. The first-order chi connectivity index (χ1) is 10.0. The second-order valence-electron chi connectivity index (χ2n) is 4.96. The number of nitrogens with two attached hydrogens (primary N) is 1. The van der Waals surface area contributed by atoms with Gasteiger partial charge in [-0.25, -0.2) is 0 Å². The number of nitro groups is 1. The van der Waals surface area contributed by atoms with E-state index in [4.69, 9.17) is 10.8 Å². The second-order valence-corrected chi connectivity index (χ2v) is 4.96. The molecule has 1 aliphatic rings. The van der Waals surface area contributed by atoms with E-state index >= 15 is 0 Å². The third-order valence-electron chi connectivity index (χ3n) is 3.39. The van der Waals surface area contributed by atoms with E-state index in [9.17, 15) is 10.1 Å². The fourth-order valence-corrected chi connectivity index (χ4v) is 2.20. The molecule has 1 saturated heterocycles. The van der Waals surface area contributed by atoms with E-state index in [2.05, 4.69) is 22.3 Å². The molecule has 1 aromatic heterocycles. The van der Waals surface area contributed by atoms with Crippen LogP contribution in [0.5, 0.6) is 0 Å². The van der Waals surface area contributed by atoms with Crippen LogP contribution in [0.2, 0.25) is 0 Å². The summed E-state index contributed by atoms with van der Waals surface area (Å²) in [7, 11) is 2.08. The van der Waals surface area contributed by atoms with Crippen LogP contribution in [0, 0.1) is 10.1 Å². The van der Waals surface area contributed by atoms with Crippen LogP contribution in [0.1, 0.15) is 0 Å². The van der Waals surface area contributed by atoms with E-state index in [1.54, 1.807) is 0 Å². The van der Waals surface area contributed by atoms with Crippen molar-refractivity contribution < 1.29 is 14.9 Å². The Hall–Kier alpha value is -2.20. The molecule has 1 aliphatic heterocycles. The summed E-state index contributed by atoms with van der Waals surface area (Å²) < 4.78 is 0. The fraction of sp³-hybridized carbons (Fsp3) is 0.636. The van der Waals surface area contributed by atoms with Crippen LogP contribution in [0.4, 0.5) is 23.3 Å². The highest BCUT2D eigenvalue weighted by atomic mass is 16.6. The molecular formula is C11H20N7O3+. The average molecular weight is 298 g/mol. The highest BCUT2D eigenvalue weighted by Gasteiger charge is 2.29. The lowest BCUT2D eigenvalue weighted by atomic mass is 10.3. The van der Waals surface area contributed by atoms with E-state index in [-0.39, 0.29) is 36.4 Å². The molecular weight excluding hydrogens is 278 g/mol. The Bertz CT molecular complexity index is 517. The van der Waals surface area contributed by atoms with Crippen molar-refractivity contribution in [3.8, 4) is 0 Å². The van der Waals surface area contributed by atoms with Crippen LogP contribution < -0.4 is 20.9 Å². The van der Waals surface area contributed by atoms with Gasteiger partial charge in [0.05, 0.1) is 44.8 Å². The van der Waals surface area contributed by atoms with Crippen molar-refractivity contribution in [2.24, 2.45) is 0 Å². The molecule has 0 radical (unpaired) electrons. The van der Waals surface area contributed by atoms with Gasteiger partial charge in [-0.3, -0.25) is 10.1 Å². The van der Waals surface area contributed by atoms with Crippen molar-refractivity contribution in [2.75, 3.05) is 62.3 Å². The van der Waals surface area contributed by atoms with E-state index in [0.717, 1.165) is 13.1 Å².